The fraction of sp³-hybridized carbons (Fsp3) is 0.636. The molecule has 1 rings (SSSR count). The zero-order chi connectivity index (χ0) is 12.5. The Morgan fingerprint density at radius 1 is 1.44 bits per heavy atom. The van der Waals surface area contributed by atoms with Crippen molar-refractivity contribution in [3.05, 3.63) is 32.9 Å². The summed E-state index contributed by atoms with van der Waals surface area (Å²) in [5.74, 6) is 0.236. The van der Waals surface area contributed by atoms with Gasteiger partial charge in [-0.2, -0.15) is 0 Å². The Hall–Kier alpha value is -1.03. The summed E-state index contributed by atoms with van der Waals surface area (Å²) >= 11 is 5.91. The van der Waals surface area contributed by atoms with Crippen molar-refractivity contribution < 1.29 is 4.43 Å². The van der Waals surface area contributed by atoms with Crippen LogP contribution in [0.3, 0.4) is 0 Å². The second-order valence-corrected chi connectivity index (χ2v) is 5.03. The molecule has 0 bridgehead atoms. The Kier molecular flexibility index (Phi) is 3.97. The molecule has 0 aliphatic heterocycles. The van der Waals surface area contributed by atoms with Gasteiger partial charge in [-0.25, -0.2) is 0 Å². The summed E-state index contributed by atoms with van der Waals surface area (Å²) in [7, 11) is 0. The van der Waals surface area contributed by atoms with Crippen molar-refractivity contribution in [1.29, 1.82) is 0 Å². The van der Waals surface area contributed by atoms with Gasteiger partial charge in [-0.1, -0.05) is 39.3 Å². The van der Waals surface area contributed by atoms with Crippen molar-refractivity contribution >= 4 is 11.6 Å². The van der Waals surface area contributed by atoms with Crippen LogP contribution in [0.15, 0.2) is 6.20 Å². The Bertz CT molecular complexity index is 438. The molecular formula is C11H17ClN2O2. The zero-order valence-corrected chi connectivity index (χ0v) is 10.8. The first kappa shape index (κ1) is 13.0. The zero-order valence-electron chi connectivity index (χ0n) is 10.0. The predicted octanol–water partition coefficient (Wildman–Crippen LogP) is 2.72. The van der Waals surface area contributed by atoms with E-state index in [1.54, 1.807) is 0 Å². The van der Waals surface area contributed by atoms with Crippen LogP contribution in [0.2, 0.25) is 5.15 Å². The molecule has 0 saturated heterocycles. The van der Waals surface area contributed by atoms with E-state index in [1.165, 1.54) is 6.20 Å². The Morgan fingerprint density at radius 2 is 2.00 bits per heavy atom. The Balaban J connectivity index is 3.34. The molecule has 0 aliphatic carbocycles. The highest BCUT2D eigenvalue weighted by Gasteiger charge is 2.21. The van der Waals surface area contributed by atoms with Crippen LogP contribution in [0.4, 0.5) is 0 Å². The van der Waals surface area contributed by atoms with Crippen LogP contribution in [0, 0.1) is 16.0 Å². The molecule has 4 nitrogen and oxygen atoms in total. The van der Waals surface area contributed by atoms with Gasteiger partial charge in [0.2, 0.25) is 6.20 Å². The molecule has 16 heavy (non-hydrogen) atoms. The Labute approximate surface area is 100 Å². The molecule has 0 atom stereocenters. The summed E-state index contributed by atoms with van der Waals surface area (Å²) in [4.78, 5) is 11.7. The highest BCUT2D eigenvalue weighted by molar-refractivity contribution is 6.30. The summed E-state index contributed by atoms with van der Waals surface area (Å²) in [5, 5.41) is 11.8. The lowest BCUT2D eigenvalue weighted by Crippen LogP contribution is -2.27. The topological polar surface area (TPSA) is 51.0 Å². The second kappa shape index (κ2) is 4.87. The highest BCUT2D eigenvalue weighted by Crippen LogP contribution is 2.21. The number of halogens is 1. The monoisotopic (exact) mass is 244 g/mol. The van der Waals surface area contributed by atoms with Gasteiger partial charge in [0.15, 0.2) is 5.15 Å². The minimum absolute atomic E-state index is 0.0110. The number of nitrogens with zero attached hydrogens (tertiary/aromatic N) is 2. The van der Waals surface area contributed by atoms with E-state index in [2.05, 4.69) is 0 Å². The first-order valence-electron chi connectivity index (χ1n) is 5.38. The fourth-order valence-electron chi connectivity index (χ4n) is 1.62. The maximum absolute atomic E-state index is 11.8. The maximum atomic E-state index is 11.8. The largest absolute Gasteiger partial charge is 0.805 e. The number of aromatic nitrogens is 2. The van der Waals surface area contributed by atoms with Crippen LogP contribution in [-0.4, -0.2) is 4.73 Å². The molecule has 1 heterocycles. The molecule has 0 radical (unpaired) electrons. The molecule has 90 valence electrons. The minimum Gasteiger partial charge on any atom is -0.805 e. The van der Waals surface area contributed by atoms with Gasteiger partial charge in [0, 0.05) is 10.8 Å². The van der Waals surface area contributed by atoms with Crippen molar-refractivity contribution in [3.8, 4) is 0 Å². The molecule has 1 aromatic heterocycles. The first-order valence-corrected chi connectivity index (χ1v) is 5.76. The highest BCUT2D eigenvalue weighted by atomic mass is 35.5. The van der Waals surface area contributed by atoms with E-state index >= 15 is 0 Å². The summed E-state index contributed by atoms with van der Waals surface area (Å²) in [6.07, 6.45) is 1.87. The van der Waals surface area contributed by atoms with E-state index in [0.717, 1.165) is 0 Å². The minimum atomic E-state index is -0.0710. The molecule has 0 saturated carbocycles. The van der Waals surface area contributed by atoms with Gasteiger partial charge in [0.25, 0.3) is 5.69 Å². The second-order valence-electron chi connectivity index (χ2n) is 4.67. The normalized spacial score (nSPS) is 11.4. The van der Waals surface area contributed by atoms with E-state index in [4.69, 9.17) is 11.6 Å². The van der Waals surface area contributed by atoms with Crippen LogP contribution in [0.1, 0.15) is 45.0 Å². The van der Waals surface area contributed by atoms with Gasteiger partial charge < -0.3 is 9.94 Å². The average molecular weight is 245 g/mol. The SMILES string of the molecule is CC(C)Cc1c[n+](=O)c(C(C)C)c(Cl)n1[O-]. The lowest BCUT2D eigenvalue weighted by atomic mass is 10.1. The molecule has 0 spiro atoms. The molecule has 0 aliphatic rings. The molecule has 0 N–H and O–H groups in total. The van der Waals surface area contributed by atoms with Crippen molar-refractivity contribution in [2.45, 2.75) is 40.0 Å². The molecule has 1 aromatic rings. The maximum Gasteiger partial charge on any atom is 0.276 e. The number of hydrogen-bond acceptors (Lipinski definition) is 2. The fourth-order valence-corrected chi connectivity index (χ4v) is 2.04. The van der Waals surface area contributed by atoms with Gasteiger partial charge >= 0.3 is 0 Å². The molecule has 0 aromatic carbocycles. The van der Waals surface area contributed by atoms with Crippen LogP contribution in [0.5, 0.6) is 0 Å². The van der Waals surface area contributed by atoms with Crippen molar-refractivity contribution in [3.63, 3.8) is 0 Å². The number of rotatable bonds is 3. The van der Waals surface area contributed by atoms with E-state index < -0.39 is 0 Å². The standard InChI is InChI=1S/C11H17ClN2O2/c1-7(2)5-9-6-13(15)10(8(3)4)11(12)14(9)16/h6-8H,5H2,1-4H3. The van der Waals surface area contributed by atoms with Crippen molar-refractivity contribution in [2.75, 3.05) is 0 Å². The molecule has 0 amide bonds. The van der Waals surface area contributed by atoms with Crippen LogP contribution in [0.25, 0.3) is 0 Å². The van der Waals surface area contributed by atoms with Crippen molar-refractivity contribution in [1.82, 2.24) is 4.73 Å². The number of hydrogen-bond donors (Lipinski definition) is 0. The van der Waals surface area contributed by atoms with Gasteiger partial charge in [0.05, 0.1) is 10.1 Å². The van der Waals surface area contributed by atoms with Gasteiger partial charge in [-0.15, -0.1) is 0 Å². The van der Waals surface area contributed by atoms with E-state index in [1.807, 2.05) is 27.7 Å². The van der Waals surface area contributed by atoms with Crippen LogP contribution < -0.4 is 4.43 Å². The van der Waals surface area contributed by atoms with E-state index in [0.29, 0.717) is 32.9 Å². The summed E-state index contributed by atoms with van der Waals surface area (Å²) < 4.78 is 1.37. The predicted molar refractivity (Wildman–Crippen MR) is 64.2 cm³/mol. The third-order valence-corrected chi connectivity index (χ3v) is 2.67. The summed E-state index contributed by atoms with van der Waals surface area (Å²) in [6, 6.07) is 0. The van der Waals surface area contributed by atoms with Gasteiger partial charge in [-0.05, 0) is 12.3 Å². The lowest BCUT2D eigenvalue weighted by Gasteiger charge is -2.19. The Morgan fingerprint density at radius 3 is 2.44 bits per heavy atom. The van der Waals surface area contributed by atoms with E-state index in [9.17, 15) is 10.1 Å². The molecular weight excluding hydrogens is 228 g/mol. The first-order chi connectivity index (χ1) is 7.34. The molecule has 0 unspecified atom stereocenters. The summed E-state index contributed by atoms with van der Waals surface area (Å²) in [5.41, 5.74) is 0.739. The van der Waals surface area contributed by atoms with Gasteiger partial charge in [0.1, 0.15) is 0 Å². The quantitative estimate of drug-likeness (QED) is 0.768. The third-order valence-electron chi connectivity index (χ3n) is 2.32. The van der Waals surface area contributed by atoms with Crippen LogP contribution in [-0.2, 0) is 6.42 Å². The smallest absolute Gasteiger partial charge is 0.276 e. The van der Waals surface area contributed by atoms with Crippen LogP contribution >= 0.6 is 11.6 Å². The average Bonchev–Trinajstić information content (AvgIpc) is 2.12. The lowest BCUT2D eigenvalue weighted by molar-refractivity contribution is -0.507. The van der Waals surface area contributed by atoms with Gasteiger partial charge in [-0.3, -0.25) is 0 Å². The van der Waals surface area contributed by atoms with E-state index in [-0.39, 0.29) is 11.1 Å². The molecule has 0 fully saturated rings. The molecule has 5 heteroatoms. The van der Waals surface area contributed by atoms with Crippen molar-refractivity contribution in [2.24, 2.45) is 5.92 Å². The summed E-state index contributed by atoms with van der Waals surface area (Å²) in [6.45, 7) is 7.63. The third kappa shape index (κ3) is 2.55.